The van der Waals surface area contributed by atoms with Gasteiger partial charge in [-0.2, -0.15) is 0 Å². The van der Waals surface area contributed by atoms with Gasteiger partial charge in [0.1, 0.15) is 0 Å². The van der Waals surface area contributed by atoms with Crippen LogP contribution in [-0.2, 0) is 0 Å². The highest BCUT2D eigenvalue weighted by atomic mass is 14.9. The zero-order valence-electron chi connectivity index (χ0n) is 11.1. The molecule has 1 nitrogen and oxygen atoms in total. The second kappa shape index (κ2) is 5.31. The van der Waals surface area contributed by atoms with Crippen molar-refractivity contribution in [3.63, 3.8) is 0 Å². The summed E-state index contributed by atoms with van der Waals surface area (Å²) in [5.41, 5.74) is 4.21. The van der Waals surface area contributed by atoms with Gasteiger partial charge in [-0.05, 0) is 51.3 Å². The van der Waals surface area contributed by atoms with Gasteiger partial charge in [0, 0.05) is 12.1 Å². The van der Waals surface area contributed by atoms with E-state index in [1.54, 1.807) is 0 Å². The highest BCUT2D eigenvalue weighted by Crippen LogP contribution is 2.14. The molecule has 0 heterocycles. The molecule has 1 rings (SSSR count). The fraction of sp³-hybridized carbons (Fsp3) is 0.467. The average molecular weight is 217 g/mol. The number of benzene rings is 1. The van der Waals surface area contributed by atoms with E-state index < -0.39 is 0 Å². The highest BCUT2D eigenvalue weighted by Gasteiger charge is 2.05. The quantitative estimate of drug-likeness (QED) is 0.814. The highest BCUT2D eigenvalue weighted by molar-refractivity contribution is 5.57. The van der Waals surface area contributed by atoms with Gasteiger partial charge in [0.2, 0.25) is 0 Å². The molecule has 0 aromatic heterocycles. The summed E-state index contributed by atoms with van der Waals surface area (Å²) in [5, 5.41) is 3.44. The summed E-state index contributed by atoms with van der Waals surface area (Å²) >= 11 is 0. The first-order valence-electron chi connectivity index (χ1n) is 5.88. The van der Waals surface area contributed by atoms with Crippen molar-refractivity contribution < 1.29 is 0 Å². The molecule has 0 amide bonds. The van der Waals surface area contributed by atoms with Gasteiger partial charge in [-0.3, -0.25) is 0 Å². The Balaban J connectivity index is 2.63. The second-order valence-corrected chi connectivity index (χ2v) is 5.34. The maximum Gasteiger partial charge on any atom is 0.0143 e. The molecule has 1 N–H and O–H groups in total. The van der Waals surface area contributed by atoms with Crippen LogP contribution in [0.3, 0.4) is 0 Å². The van der Waals surface area contributed by atoms with E-state index in [2.05, 4.69) is 70.3 Å². The molecule has 1 aromatic rings. The van der Waals surface area contributed by atoms with Crippen molar-refractivity contribution in [2.75, 3.05) is 6.54 Å². The van der Waals surface area contributed by atoms with Crippen molar-refractivity contribution in [2.24, 2.45) is 0 Å². The van der Waals surface area contributed by atoms with Crippen LogP contribution >= 0.6 is 0 Å². The monoisotopic (exact) mass is 217 g/mol. The first-order valence-corrected chi connectivity index (χ1v) is 5.88. The zero-order valence-corrected chi connectivity index (χ0v) is 11.1. The van der Waals surface area contributed by atoms with E-state index in [9.17, 15) is 0 Å². The van der Waals surface area contributed by atoms with Crippen molar-refractivity contribution in [1.82, 2.24) is 5.32 Å². The van der Waals surface area contributed by atoms with Gasteiger partial charge in [-0.25, -0.2) is 0 Å². The van der Waals surface area contributed by atoms with Crippen LogP contribution in [0.2, 0.25) is 0 Å². The third-order valence-corrected chi connectivity index (χ3v) is 2.58. The predicted molar refractivity (Wildman–Crippen MR) is 72.7 cm³/mol. The van der Waals surface area contributed by atoms with E-state index in [1.807, 2.05) is 0 Å². The van der Waals surface area contributed by atoms with E-state index in [-0.39, 0.29) is 5.54 Å². The lowest BCUT2D eigenvalue weighted by Crippen LogP contribution is -2.35. The maximum absolute atomic E-state index is 3.44. The molecule has 0 aliphatic rings. The first kappa shape index (κ1) is 13.0. The minimum absolute atomic E-state index is 0.186. The topological polar surface area (TPSA) is 12.0 Å². The minimum Gasteiger partial charge on any atom is -0.309 e. The lowest BCUT2D eigenvalue weighted by Gasteiger charge is -2.19. The van der Waals surface area contributed by atoms with Crippen LogP contribution in [0.1, 0.15) is 37.5 Å². The van der Waals surface area contributed by atoms with Crippen molar-refractivity contribution in [2.45, 2.75) is 40.2 Å². The van der Waals surface area contributed by atoms with Crippen LogP contribution in [0.4, 0.5) is 0 Å². The standard InChI is InChI=1S/C15H23N/c1-12-8-6-9-13(2)14(12)10-7-11-16-15(3,4)5/h6-10,16H,11H2,1-5H3/b10-7+. The van der Waals surface area contributed by atoms with E-state index in [1.165, 1.54) is 16.7 Å². The number of hydrogen-bond acceptors (Lipinski definition) is 1. The molecule has 1 aromatic carbocycles. The number of nitrogens with one attached hydrogen (secondary N) is 1. The molecule has 0 fully saturated rings. The third kappa shape index (κ3) is 4.19. The molecule has 88 valence electrons. The molecule has 0 aliphatic heterocycles. The van der Waals surface area contributed by atoms with E-state index >= 15 is 0 Å². The fourth-order valence-corrected chi connectivity index (χ4v) is 1.63. The van der Waals surface area contributed by atoms with Crippen molar-refractivity contribution in [3.8, 4) is 0 Å². The average Bonchev–Trinajstić information content (AvgIpc) is 2.14. The predicted octanol–water partition coefficient (Wildman–Crippen LogP) is 3.70. The molecule has 0 aliphatic carbocycles. The molecule has 1 heteroatoms. The normalized spacial score (nSPS) is 12.3. The van der Waals surface area contributed by atoms with Crippen LogP contribution in [0.25, 0.3) is 6.08 Å². The number of aryl methyl sites for hydroxylation is 2. The van der Waals surface area contributed by atoms with Crippen LogP contribution in [0.5, 0.6) is 0 Å². The summed E-state index contributed by atoms with van der Waals surface area (Å²) in [7, 11) is 0. The van der Waals surface area contributed by atoms with Gasteiger partial charge in [0.25, 0.3) is 0 Å². The van der Waals surface area contributed by atoms with Gasteiger partial charge in [0.15, 0.2) is 0 Å². The summed E-state index contributed by atoms with van der Waals surface area (Å²) in [6.07, 6.45) is 4.41. The maximum atomic E-state index is 3.44. The largest absolute Gasteiger partial charge is 0.309 e. The summed E-state index contributed by atoms with van der Waals surface area (Å²) in [4.78, 5) is 0. The van der Waals surface area contributed by atoms with Gasteiger partial charge < -0.3 is 5.32 Å². The molecular formula is C15H23N. The molecular weight excluding hydrogens is 194 g/mol. The molecule has 0 spiro atoms. The summed E-state index contributed by atoms with van der Waals surface area (Å²) in [6, 6.07) is 6.42. The molecule has 0 saturated heterocycles. The fourth-order valence-electron chi connectivity index (χ4n) is 1.63. The summed E-state index contributed by atoms with van der Waals surface area (Å²) < 4.78 is 0. The number of rotatable bonds is 3. The molecule has 0 bridgehead atoms. The van der Waals surface area contributed by atoms with Gasteiger partial charge >= 0.3 is 0 Å². The Morgan fingerprint density at radius 2 is 1.69 bits per heavy atom. The Morgan fingerprint density at radius 1 is 1.12 bits per heavy atom. The molecule has 16 heavy (non-hydrogen) atoms. The zero-order chi connectivity index (χ0) is 12.2. The Bertz CT molecular complexity index is 349. The van der Waals surface area contributed by atoms with Gasteiger partial charge in [-0.1, -0.05) is 30.4 Å². The smallest absolute Gasteiger partial charge is 0.0143 e. The summed E-state index contributed by atoms with van der Waals surface area (Å²) in [6.45, 7) is 11.8. The van der Waals surface area contributed by atoms with E-state index in [0.29, 0.717) is 0 Å². The van der Waals surface area contributed by atoms with E-state index in [4.69, 9.17) is 0 Å². The molecule has 0 unspecified atom stereocenters. The molecule has 0 saturated carbocycles. The SMILES string of the molecule is Cc1cccc(C)c1/C=C/CNC(C)(C)C. The van der Waals surface area contributed by atoms with Crippen LogP contribution in [-0.4, -0.2) is 12.1 Å². The van der Waals surface area contributed by atoms with Crippen LogP contribution in [0.15, 0.2) is 24.3 Å². The van der Waals surface area contributed by atoms with Gasteiger partial charge in [0.05, 0.1) is 0 Å². The Hall–Kier alpha value is -1.08. The molecule has 0 radical (unpaired) electrons. The number of hydrogen-bond donors (Lipinski definition) is 1. The third-order valence-electron chi connectivity index (χ3n) is 2.58. The lowest BCUT2D eigenvalue weighted by atomic mass is 10.0. The van der Waals surface area contributed by atoms with Crippen molar-refractivity contribution in [3.05, 3.63) is 41.0 Å². The van der Waals surface area contributed by atoms with E-state index in [0.717, 1.165) is 6.54 Å². The summed E-state index contributed by atoms with van der Waals surface area (Å²) in [5.74, 6) is 0. The van der Waals surface area contributed by atoms with Gasteiger partial charge in [-0.15, -0.1) is 0 Å². The van der Waals surface area contributed by atoms with Crippen LogP contribution in [0, 0.1) is 13.8 Å². The first-order chi connectivity index (χ1) is 7.40. The Kier molecular flexibility index (Phi) is 4.31. The lowest BCUT2D eigenvalue weighted by molar-refractivity contribution is 0.450. The van der Waals surface area contributed by atoms with Crippen LogP contribution < -0.4 is 5.32 Å². The molecule has 0 atom stereocenters. The van der Waals surface area contributed by atoms with Crippen molar-refractivity contribution >= 4 is 6.08 Å². The Morgan fingerprint density at radius 3 is 2.19 bits per heavy atom. The Labute approximate surface area is 99.6 Å². The second-order valence-electron chi connectivity index (χ2n) is 5.34. The van der Waals surface area contributed by atoms with Crippen molar-refractivity contribution in [1.29, 1.82) is 0 Å². The minimum atomic E-state index is 0.186.